The molecule has 3 rings (SSSR count). The third kappa shape index (κ3) is 5.96. The Morgan fingerprint density at radius 3 is 2.54 bits per heavy atom. The smallest absolute Gasteiger partial charge is 0.344 e. The second-order valence-corrected chi connectivity index (χ2v) is 9.04. The van der Waals surface area contributed by atoms with E-state index in [0.717, 1.165) is 42.7 Å². The molecule has 0 fully saturated rings. The number of ether oxygens (including phenoxy) is 2. The number of carbonyl (C=O) groups excluding carboxylic acids is 1. The maximum absolute atomic E-state index is 12.0. The van der Waals surface area contributed by atoms with E-state index < -0.39 is 5.60 Å². The first-order chi connectivity index (χ1) is 13.3. The standard InChI is InChI=1S/C22H28N2O3S/c1-15-9-11-16(12-10-15)14-28-21-23-18-8-6-5-7-17(18)20(24-21)26-13-19(25)27-22(2,3)4/h9-12H,5-8,13-14H2,1-4H3. The Hall–Kier alpha value is -2.08. The van der Waals surface area contributed by atoms with Gasteiger partial charge in [0.15, 0.2) is 11.8 Å². The molecule has 2 aromatic rings. The summed E-state index contributed by atoms with van der Waals surface area (Å²) in [7, 11) is 0. The number of nitrogens with zero attached hydrogens (tertiary/aromatic N) is 2. The third-order valence-electron chi connectivity index (χ3n) is 4.36. The third-order valence-corrected chi connectivity index (χ3v) is 5.28. The first-order valence-electron chi connectivity index (χ1n) is 9.73. The van der Waals surface area contributed by atoms with Gasteiger partial charge in [-0.25, -0.2) is 9.78 Å². The molecule has 0 atom stereocenters. The van der Waals surface area contributed by atoms with Crippen molar-refractivity contribution in [3.05, 3.63) is 46.6 Å². The summed E-state index contributed by atoms with van der Waals surface area (Å²) >= 11 is 1.59. The zero-order valence-electron chi connectivity index (χ0n) is 17.1. The van der Waals surface area contributed by atoms with E-state index in [1.165, 1.54) is 11.1 Å². The number of aromatic nitrogens is 2. The quantitative estimate of drug-likeness (QED) is 0.399. The number of aryl methyl sites for hydroxylation is 2. The number of thioether (sulfide) groups is 1. The normalized spacial score (nSPS) is 13.7. The van der Waals surface area contributed by atoms with Crippen molar-refractivity contribution in [3.8, 4) is 5.88 Å². The molecule has 0 amide bonds. The zero-order chi connectivity index (χ0) is 20.1. The summed E-state index contributed by atoms with van der Waals surface area (Å²) < 4.78 is 11.1. The van der Waals surface area contributed by atoms with Crippen molar-refractivity contribution < 1.29 is 14.3 Å². The number of hydrogen-bond acceptors (Lipinski definition) is 6. The molecule has 1 aromatic carbocycles. The molecule has 6 heteroatoms. The molecule has 0 saturated heterocycles. The average Bonchev–Trinajstić information content (AvgIpc) is 2.64. The molecule has 150 valence electrons. The van der Waals surface area contributed by atoms with E-state index in [2.05, 4.69) is 36.2 Å². The van der Waals surface area contributed by atoms with Crippen LogP contribution in [0.1, 0.15) is 56.0 Å². The fourth-order valence-electron chi connectivity index (χ4n) is 3.05. The molecule has 28 heavy (non-hydrogen) atoms. The van der Waals surface area contributed by atoms with Crippen molar-refractivity contribution >= 4 is 17.7 Å². The fraction of sp³-hybridized carbons (Fsp3) is 0.500. The van der Waals surface area contributed by atoms with E-state index in [9.17, 15) is 4.79 Å². The van der Waals surface area contributed by atoms with Gasteiger partial charge in [-0.3, -0.25) is 0 Å². The van der Waals surface area contributed by atoms with Gasteiger partial charge in [0.25, 0.3) is 0 Å². The summed E-state index contributed by atoms with van der Waals surface area (Å²) in [6.45, 7) is 7.48. The first kappa shape index (κ1) is 20.6. The van der Waals surface area contributed by atoms with Crippen LogP contribution in [0.5, 0.6) is 5.88 Å². The molecule has 1 aliphatic rings. The van der Waals surface area contributed by atoms with Crippen LogP contribution in [0.2, 0.25) is 0 Å². The van der Waals surface area contributed by atoms with Gasteiger partial charge in [0.05, 0.1) is 5.69 Å². The van der Waals surface area contributed by atoms with Crippen molar-refractivity contribution in [1.29, 1.82) is 0 Å². The lowest BCUT2D eigenvalue weighted by Crippen LogP contribution is -2.27. The van der Waals surface area contributed by atoms with E-state index in [1.54, 1.807) is 11.8 Å². The summed E-state index contributed by atoms with van der Waals surface area (Å²) in [4.78, 5) is 21.4. The Morgan fingerprint density at radius 1 is 1.11 bits per heavy atom. The highest BCUT2D eigenvalue weighted by molar-refractivity contribution is 7.98. The minimum absolute atomic E-state index is 0.136. The molecular weight excluding hydrogens is 372 g/mol. The largest absolute Gasteiger partial charge is 0.465 e. The van der Waals surface area contributed by atoms with E-state index in [0.29, 0.717) is 11.0 Å². The monoisotopic (exact) mass is 400 g/mol. The minimum Gasteiger partial charge on any atom is -0.465 e. The lowest BCUT2D eigenvalue weighted by molar-refractivity contribution is -0.157. The SMILES string of the molecule is Cc1ccc(CSc2nc3c(c(OCC(=O)OC(C)(C)C)n2)CCCC3)cc1. The van der Waals surface area contributed by atoms with Crippen LogP contribution in [0, 0.1) is 6.92 Å². The minimum atomic E-state index is -0.527. The number of esters is 1. The van der Waals surface area contributed by atoms with E-state index >= 15 is 0 Å². The number of fused-ring (bicyclic) bond motifs is 1. The Labute approximate surface area is 171 Å². The molecule has 1 aromatic heterocycles. The zero-order valence-corrected chi connectivity index (χ0v) is 17.9. The van der Waals surface area contributed by atoms with Gasteiger partial charge < -0.3 is 9.47 Å². The predicted molar refractivity (Wildman–Crippen MR) is 111 cm³/mol. The second-order valence-electron chi connectivity index (χ2n) is 8.09. The van der Waals surface area contributed by atoms with Crippen LogP contribution >= 0.6 is 11.8 Å². The van der Waals surface area contributed by atoms with Crippen LogP contribution in [0.4, 0.5) is 0 Å². The summed E-state index contributed by atoms with van der Waals surface area (Å²) in [5.74, 6) is 0.941. The molecule has 1 aliphatic carbocycles. The Morgan fingerprint density at radius 2 is 1.82 bits per heavy atom. The number of hydrogen-bond donors (Lipinski definition) is 0. The highest BCUT2D eigenvalue weighted by Crippen LogP contribution is 2.30. The van der Waals surface area contributed by atoms with E-state index in [-0.39, 0.29) is 12.6 Å². The van der Waals surface area contributed by atoms with Gasteiger partial charge in [-0.15, -0.1) is 0 Å². The number of rotatable bonds is 6. The maximum atomic E-state index is 12.0. The van der Waals surface area contributed by atoms with Gasteiger partial charge in [-0.1, -0.05) is 41.6 Å². The molecule has 0 N–H and O–H groups in total. The van der Waals surface area contributed by atoms with Gasteiger partial charge >= 0.3 is 5.97 Å². The second kappa shape index (κ2) is 8.95. The van der Waals surface area contributed by atoms with Gasteiger partial charge in [0, 0.05) is 11.3 Å². The van der Waals surface area contributed by atoms with Crippen molar-refractivity contribution in [2.24, 2.45) is 0 Å². The Bertz CT molecular complexity index is 829. The maximum Gasteiger partial charge on any atom is 0.344 e. The van der Waals surface area contributed by atoms with Crippen LogP contribution < -0.4 is 4.74 Å². The van der Waals surface area contributed by atoms with Crippen LogP contribution in [-0.2, 0) is 28.1 Å². The molecule has 0 saturated carbocycles. The highest BCUT2D eigenvalue weighted by atomic mass is 32.2. The van der Waals surface area contributed by atoms with Gasteiger partial charge in [-0.2, -0.15) is 4.98 Å². The van der Waals surface area contributed by atoms with Crippen LogP contribution in [-0.4, -0.2) is 28.1 Å². The van der Waals surface area contributed by atoms with Crippen molar-refractivity contribution in [2.45, 2.75) is 69.9 Å². The molecule has 0 aliphatic heterocycles. The molecule has 5 nitrogen and oxygen atoms in total. The molecule has 0 bridgehead atoms. The van der Waals surface area contributed by atoms with Crippen molar-refractivity contribution in [1.82, 2.24) is 9.97 Å². The Balaban J connectivity index is 1.72. The van der Waals surface area contributed by atoms with Gasteiger partial charge in [0.2, 0.25) is 5.88 Å². The number of benzene rings is 1. The van der Waals surface area contributed by atoms with Crippen LogP contribution in [0.15, 0.2) is 29.4 Å². The predicted octanol–water partition coefficient (Wildman–Crippen LogP) is 4.68. The summed E-state index contributed by atoms with van der Waals surface area (Å²) in [5, 5.41) is 0.695. The van der Waals surface area contributed by atoms with E-state index in [4.69, 9.17) is 14.5 Å². The number of carbonyl (C=O) groups is 1. The average molecular weight is 401 g/mol. The van der Waals surface area contributed by atoms with Crippen LogP contribution in [0.3, 0.4) is 0 Å². The molecule has 0 unspecified atom stereocenters. The molecule has 0 spiro atoms. The van der Waals surface area contributed by atoms with Crippen LogP contribution in [0.25, 0.3) is 0 Å². The van der Waals surface area contributed by atoms with Crippen molar-refractivity contribution in [2.75, 3.05) is 6.61 Å². The lowest BCUT2D eigenvalue weighted by Gasteiger charge is -2.21. The lowest BCUT2D eigenvalue weighted by atomic mass is 9.97. The van der Waals surface area contributed by atoms with E-state index in [1.807, 2.05) is 20.8 Å². The summed E-state index contributed by atoms with van der Waals surface area (Å²) in [6, 6.07) is 8.47. The topological polar surface area (TPSA) is 61.3 Å². The summed E-state index contributed by atoms with van der Waals surface area (Å²) in [5.41, 5.74) is 4.03. The van der Waals surface area contributed by atoms with Crippen molar-refractivity contribution in [3.63, 3.8) is 0 Å². The Kier molecular flexibility index (Phi) is 6.60. The first-order valence-corrected chi connectivity index (χ1v) is 10.7. The molecular formula is C22H28N2O3S. The van der Waals surface area contributed by atoms with Gasteiger partial charge in [-0.05, 0) is 58.9 Å². The fourth-order valence-corrected chi connectivity index (χ4v) is 3.86. The molecule has 0 radical (unpaired) electrons. The van der Waals surface area contributed by atoms with Gasteiger partial charge in [0.1, 0.15) is 5.60 Å². The summed E-state index contributed by atoms with van der Waals surface area (Å²) in [6.07, 6.45) is 4.03. The highest BCUT2D eigenvalue weighted by Gasteiger charge is 2.21. The molecule has 1 heterocycles.